The molecule has 0 spiro atoms. The minimum atomic E-state index is -0.884. The van der Waals surface area contributed by atoms with Crippen LogP contribution in [0.15, 0.2) is 158 Å². The van der Waals surface area contributed by atoms with Crippen LogP contribution in [0.5, 0.6) is 23.0 Å². The predicted molar refractivity (Wildman–Crippen MR) is 324 cm³/mol. The van der Waals surface area contributed by atoms with Gasteiger partial charge in [0.2, 0.25) is 1.43 Å². The van der Waals surface area contributed by atoms with Gasteiger partial charge in [0.15, 0.2) is 0 Å². The van der Waals surface area contributed by atoms with E-state index in [9.17, 15) is 24.9 Å². The molecule has 0 aliphatic heterocycles. The molecule has 442 valence electrons. The number of hydrogen-bond donors (Lipinski definition) is 4. The molecule has 0 aliphatic carbocycles. The number of rotatable bonds is 35. The fourth-order valence-corrected chi connectivity index (χ4v) is 9.89. The van der Waals surface area contributed by atoms with Crippen molar-refractivity contribution in [3.8, 4) is 23.0 Å². The summed E-state index contributed by atoms with van der Waals surface area (Å²) in [5, 5.41) is 33.9. The molecule has 0 heterocycles. The third-order valence-electron chi connectivity index (χ3n) is 14.0. The molecule has 0 aromatic heterocycles. The normalized spacial score (nSPS) is 12.9. The summed E-state index contributed by atoms with van der Waals surface area (Å²) in [5.41, 5.74) is 4.20. The van der Waals surface area contributed by atoms with Gasteiger partial charge in [0, 0.05) is 40.3 Å². The summed E-state index contributed by atoms with van der Waals surface area (Å²) in [4.78, 5) is 23.5. The van der Waals surface area contributed by atoms with Crippen molar-refractivity contribution in [1.29, 1.82) is 2.77 Å². The molecular formula is C66H85BO14S. The molecule has 6 aromatic carbocycles. The first-order valence-electron chi connectivity index (χ1n) is 29.0. The molecule has 4 N–H and O–H groups in total. The van der Waals surface area contributed by atoms with E-state index in [1.807, 2.05) is 133 Å². The molecular weight excluding hydrogens is 1060 g/mol. The summed E-state index contributed by atoms with van der Waals surface area (Å²) < 4.78 is 59.0. The largest absolute Gasteiger partial charge is 0.497 e. The van der Waals surface area contributed by atoms with Gasteiger partial charge in [0.05, 0.1) is 40.6 Å². The Morgan fingerprint density at radius 1 is 0.476 bits per heavy atom. The minimum Gasteiger partial charge on any atom is -0.497 e. The van der Waals surface area contributed by atoms with Crippen LogP contribution in [0.1, 0.15) is 124 Å². The number of hydrogen-bond acceptors (Lipinski definition) is 15. The number of esters is 2. The Labute approximate surface area is 494 Å². The van der Waals surface area contributed by atoms with Crippen molar-refractivity contribution < 1.29 is 67.9 Å². The summed E-state index contributed by atoms with van der Waals surface area (Å²) >= 11 is 3.94. The second kappa shape index (κ2) is 37.6. The Morgan fingerprint density at radius 3 is 1.07 bits per heavy atom. The Bertz CT molecular complexity index is 2630. The van der Waals surface area contributed by atoms with Crippen LogP contribution < -0.4 is 18.9 Å². The zero-order valence-electron chi connectivity index (χ0n) is 50.5. The van der Waals surface area contributed by atoms with Gasteiger partial charge in [0.1, 0.15) is 46.4 Å². The molecule has 0 fully saturated rings. The smallest absolute Gasteiger partial charge is 0.210 e. The number of ether oxygens (including phenoxy) is 8. The molecule has 0 aliphatic rings. The molecule has 82 heavy (non-hydrogen) atoms. The van der Waals surface area contributed by atoms with E-state index in [2.05, 4.69) is 41.4 Å². The van der Waals surface area contributed by atoms with E-state index in [1.54, 1.807) is 28.4 Å². The molecule has 14 nitrogen and oxygen atoms in total. The van der Waals surface area contributed by atoms with Crippen LogP contribution in [0.4, 0.5) is 0 Å². The van der Waals surface area contributed by atoms with Gasteiger partial charge in [-0.2, -0.15) is 0 Å². The first-order chi connectivity index (χ1) is 40.8. The molecule has 0 saturated heterocycles. The number of aliphatic hydroxyl groups is 4. The number of carbonyl (C=O) groups excluding carboxylic acids is 2. The van der Waals surface area contributed by atoms with Crippen LogP contribution in [0.3, 0.4) is 0 Å². The van der Waals surface area contributed by atoms with Crippen LogP contribution in [0.25, 0.3) is 0 Å². The Kier molecular flexibility index (Phi) is 29.6. The molecule has 6 aromatic rings. The van der Waals surface area contributed by atoms with Crippen molar-refractivity contribution in [2.24, 2.45) is 0 Å². The number of methoxy groups -OCH3 is 4. The molecule has 0 bridgehead atoms. The Hall–Kier alpha value is -6.50. The van der Waals surface area contributed by atoms with E-state index in [0.717, 1.165) is 102 Å². The quantitative estimate of drug-likeness (QED) is 0.0127. The van der Waals surface area contributed by atoms with Gasteiger partial charge >= 0.3 is 32.0 Å². The molecule has 0 radical (unpaired) electrons. The van der Waals surface area contributed by atoms with Gasteiger partial charge in [-0.15, -0.1) is 0 Å². The number of benzene rings is 6. The number of carbonyl (C=O) groups is 2. The van der Waals surface area contributed by atoms with Crippen LogP contribution in [0.2, 0.25) is 0 Å². The summed E-state index contributed by atoms with van der Waals surface area (Å²) in [6.45, 7) is 4.70. The third-order valence-corrected chi connectivity index (χ3v) is 14.0. The first-order valence-corrected chi connectivity index (χ1v) is 28.5. The van der Waals surface area contributed by atoms with E-state index < -0.39 is 47.6 Å². The second-order valence-corrected chi connectivity index (χ2v) is 19.5. The average molecular weight is 1150 g/mol. The maximum absolute atomic E-state index is 11.8. The van der Waals surface area contributed by atoms with E-state index in [1.165, 1.54) is 13.8 Å². The van der Waals surface area contributed by atoms with Crippen molar-refractivity contribution in [3.05, 3.63) is 191 Å². The molecule has 0 amide bonds. The van der Waals surface area contributed by atoms with E-state index in [4.69, 9.17) is 40.7 Å². The zero-order valence-corrected chi connectivity index (χ0v) is 49.3. The average Bonchev–Trinajstić information content (AvgIpc) is 2.10. The van der Waals surface area contributed by atoms with Crippen molar-refractivity contribution >= 4 is 30.7 Å². The van der Waals surface area contributed by atoms with Crippen molar-refractivity contribution in [2.75, 3.05) is 54.9 Å². The van der Waals surface area contributed by atoms with Crippen molar-refractivity contribution in [2.45, 2.75) is 127 Å². The molecule has 16 heteroatoms. The zero-order chi connectivity index (χ0) is 61.0. The molecule has 6 rings (SSSR count). The van der Waals surface area contributed by atoms with Crippen LogP contribution >= 0.6 is 12.1 Å². The van der Waals surface area contributed by atoms with Crippen LogP contribution in [-0.4, -0.2) is 121 Å². The van der Waals surface area contributed by atoms with E-state index >= 15 is 0 Å². The summed E-state index contributed by atoms with van der Waals surface area (Å²) in [7, 11) is 6.60. The fourth-order valence-electron chi connectivity index (χ4n) is 9.89. The predicted octanol–water partition coefficient (Wildman–Crippen LogP) is 11.3. The summed E-state index contributed by atoms with van der Waals surface area (Å²) in [6, 6.07) is 52.1. The van der Waals surface area contributed by atoms with E-state index in [-0.39, 0.29) is 13.2 Å². The summed E-state index contributed by atoms with van der Waals surface area (Å²) in [5.74, 6) is 2.20. The van der Waals surface area contributed by atoms with Gasteiger partial charge in [-0.3, -0.25) is 9.59 Å². The first kappa shape index (κ1) is 64.7. The standard InChI is InChI=1S/C35H44O8.C31H40O6.BHS/c1-26(37)42-33(34(15-11-24-36)43-27(2)38)14-9-6-10-25-41-35(28-12-7-5-8-13-28,29-16-20-31(39-3)21-17-29)30-18-22-32(40-4)23-19-30;1-35-27-18-14-25(15-19-27)31(24-10-5-3-6-11-24,26-16-20-28(36-2)21-17-26)37-23-8-4-7-12-29(33)30(34)13-9-22-32;1-2/h5,7-8,12-13,16-23,33-34,36H,6,9-11,14-15,24-25H2,1-4H3;3,5-6,10-11,14-21,29-30,32-34H,4,7-9,12-13,22-23H2,1-2H3;1H/i;32T;1D. The SMILES string of the molecule is COc1ccc(C(OCCCCCC(OC(C)=O)C(CCCO)OC(C)=O)(c2ccccc2)c2ccc(OC)cc2)cc1.[2H]B=S.[3H]OCCCC(O)C(O)CCCCCOC(c1ccccc1)(c1ccc(OC)cc1)c1ccc(OC)cc1. The maximum atomic E-state index is 11.8. The minimum absolute atomic E-state index is 0.0343. The number of unbranched alkanes of at least 4 members (excludes halogenated alkanes) is 4. The van der Waals surface area contributed by atoms with Crippen LogP contribution in [-0.2, 0) is 39.7 Å². The van der Waals surface area contributed by atoms with Crippen molar-refractivity contribution in [3.63, 3.8) is 0 Å². The molecule has 0 saturated carbocycles. The monoisotopic (exact) mass is 1150 g/mol. The second-order valence-electron chi connectivity index (χ2n) is 19.5. The van der Waals surface area contributed by atoms with Crippen molar-refractivity contribution in [1.82, 2.24) is 0 Å². The van der Waals surface area contributed by atoms with Crippen LogP contribution in [0, 0.1) is 0 Å². The van der Waals surface area contributed by atoms with Gasteiger partial charge in [-0.1, -0.05) is 128 Å². The third kappa shape index (κ3) is 20.4. The maximum Gasteiger partial charge on any atom is 0.210 e. The fraction of sp³-hybridized carbons (Fsp3) is 0.424. The Balaban J connectivity index is 0.000000347. The molecule has 4 atom stereocenters. The van der Waals surface area contributed by atoms with Gasteiger partial charge in [-0.05, 0) is 140 Å². The van der Waals surface area contributed by atoms with Gasteiger partial charge in [0.25, 0.3) is 0 Å². The Morgan fingerprint density at radius 2 is 0.768 bits per heavy atom. The van der Waals surface area contributed by atoms with E-state index in [0.29, 0.717) is 51.7 Å². The van der Waals surface area contributed by atoms with Gasteiger partial charge < -0.3 is 58.3 Å². The molecule has 4 unspecified atom stereocenters. The van der Waals surface area contributed by atoms with Gasteiger partial charge in [-0.25, -0.2) is 0 Å². The topological polar surface area (TPSA) is 189 Å². The summed E-state index contributed by atoms with van der Waals surface area (Å²) in [6.07, 6.45) is 4.88. The number of aliphatic hydroxyl groups excluding tert-OH is 4.